The van der Waals surface area contributed by atoms with Gasteiger partial charge in [0, 0.05) is 11.9 Å². The van der Waals surface area contributed by atoms with Crippen LogP contribution in [-0.2, 0) is 0 Å². The van der Waals surface area contributed by atoms with Gasteiger partial charge < -0.3 is 5.32 Å². The maximum atomic E-state index is 4.48. The minimum absolute atomic E-state index is 0.992. The van der Waals surface area contributed by atoms with Crippen LogP contribution in [0.3, 0.4) is 0 Å². The van der Waals surface area contributed by atoms with Gasteiger partial charge in [-0.3, -0.25) is 0 Å². The molecule has 7 aromatic rings. The van der Waals surface area contributed by atoms with E-state index in [4.69, 9.17) is 0 Å². The molecule has 1 nitrogen and oxygen atoms in total. The molecule has 1 aliphatic rings. The second-order valence-corrected chi connectivity index (χ2v) is 12.0. The normalized spacial score (nSPS) is 15.7. The Balaban J connectivity index is 1.40. The number of allylic oxidation sites excluding steroid dienone is 6. The van der Waals surface area contributed by atoms with Crippen molar-refractivity contribution < 1.29 is 0 Å². The fraction of sp³-hybridized carbons (Fsp3) is 0.0222. The van der Waals surface area contributed by atoms with E-state index >= 15 is 0 Å². The average molecular weight is 588 g/mol. The van der Waals surface area contributed by atoms with Crippen molar-refractivity contribution in [3.63, 3.8) is 0 Å². The topological polar surface area (TPSA) is 12.0 Å². The van der Waals surface area contributed by atoms with Crippen molar-refractivity contribution >= 4 is 54.7 Å². The second-order valence-electron chi connectivity index (χ2n) is 12.0. The number of benzene rings is 7. The molecule has 1 heteroatoms. The molecule has 0 unspecified atom stereocenters. The van der Waals surface area contributed by atoms with Crippen LogP contribution in [0.2, 0.25) is 0 Å². The number of rotatable bonds is 4. The zero-order valence-corrected chi connectivity index (χ0v) is 25.8. The van der Waals surface area contributed by atoms with Gasteiger partial charge >= 0.3 is 0 Å². The van der Waals surface area contributed by atoms with E-state index in [2.05, 4.69) is 183 Å². The van der Waals surface area contributed by atoms with E-state index in [1.165, 1.54) is 54.6 Å². The first-order chi connectivity index (χ1) is 22.7. The summed E-state index contributed by atoms with van der Waals surface area (Å²) < 4.78 is 0. The summed E-state index contributed by atoms with van der Waals surface area (Å²) in [5.41, 5.74) is 11.5. The van der Waals surface area contributed by atoms with Gasteiger partial charge in [0.2, 0.25) is 0 Å². The highest BCUT2D eigenvalue weighted by Crippen LogP contribution is 2.42. The van der Waals surface area contributed by atoms with Crippen molar-refractivity contribution in [2.24, 2.45) is 0 Å². The minimum atomic E-state index is 0.992. The SMILES string of the molecule is C=C1\C=C/C(c2cc3c4ccccc4c(-c4ccccc4)cc3c3ccccc23)=C\C(=C\Nc2ccccc2C)c2ccccc21. The maximum absolute atomic E-state index is 4.48. The number of hydrogen-bond acceptors (Lipinski definition) is 1. The van der Waals surface area contributed by atoms with Gasteiger partial charge in [-0.05, 0) is 114 Å². The van der Waals surface area contributed by atoms with E-state index in [0.29, 0.717) is 0 Å². The molecule has 0 spiro atoms. The fourth-order valence-corrected chi connectivity index (χ4v) is 6.81. The molecule has 0 saturated heterocycles. The Morgan fingerprint density at radius 1 is 0.500 bits per heavy atom. The van der Waals surface area contributed by atoms with E-state index in [1.54, 1.807) is 0 Å². The Labute approximate surface area is 270 Å². The Hall–Kier alpha value is -5.92. The average Bonchev–Trinajstić information content (AvgIpc) is 3.11. The summed E-state index contributed by atoms with van der Waals surface area (Å²) >= 11 is 0. The molecule has 0 aliphatic heterocycles. The van der Waals surface area contributed by atoms with Crippen LogP contribution in [0.15, 0.2) is 171 Å². The highest BCUT2D eigenvalue weighted by molar-refractivity contribution is 6.23. The lowest BCUT2D eigenvalue weighted by molar-refractivity contribution is 1.43. The number of fused-ring (bicyclic) bond motifs is 6. The van der Waals surface area contributed by atoms with E-state index in [-0.39, 0.29) is 0 Å². The highest BCUT2D eigenvalue weighted by Gasteiger charge is 2.17. The summed E-state index contributed by atoms with van der Waals surface area (Å²) in [5, 5.41) is 11.1. The van der Waals surface area contributed by atoms with Crippen molar-refractivity contribution in [2.75, 3.05) is 5.32 Å². The van der Waals surface area contributed by atoms with Gasteiger partial charge in [-0.1, -0.05) is 140 Å². The summed E-state index contributed by atoms with van der Waals surface area (Å²) in [5.74, 6) is 0. The number of aryl methyl sites for hydroxylation is 1. The zero-order chi connectivity index (χ0) is 31.0. The molecule has 0 radical (unpaired) electrons. The maximum Gasteiger partial charge on any atom is 0.0409 e. The van der Waals surface area contributed by atoms with Gasteiger partial charge in [0.25, 0.3) is 0 Å². The van der Waals surface area contributed by atoms with Gasteiger partial charge in [-0.2, -0.15) is 0 Å². The highest BCUT2D eigenvalue weighted by atomic mass is 14.8. The van der Waals surface area contributed by atoms with E-state index in [0.717, 1.165) is 33.5 Å². The molecule has 0 heterocycles. The van der Waals surface area contributed by atoms with Crippen molar-refractivity contribution in [2.45, 2.75) is 6.92 Å². The van der Waals surface area contributed by atoms with E-state index in [1.807, 2.05) is 0 Å². The number of para-hydroxylation sites is 1. The summed E-state index contributed by atoms with van der Waals surface area (Å²) in [7, 11) is 0. The van der Waals surface area contributed by atoms with Crippen LogP contribution in [0.1, 0.15) is 22.3 Å². The summed E-state index contributed by atoms with van der Waals surface area (Å²) in [6.45, 7) is 6.61. The Morgan fingerprint density at radius 3 is 1.78 bits per heavy atom. The molecular weight excluding hydrogens is 555 g/mol. The Kier molecular flexibility index (Phi) is 6.93. The van der Waals surface area contributed by atoms with Crippen molar-refractivity contribution in [3.05, 3.63) is 193 Å². The standard InChI is InChI=1S/C45H33N/c1-30-24-25-33(26-34(36-18-8-7-17-35(30)36)29-46-45-23-13-6-14-31(45)2)42-28-44-39-21-11-9-19-37(39)41(32-15-4-3-5-16-32)27-43(44)40-22-12-10-20-38(40)42/h3-29,46H,1H2,2H3/b25-24-,33-26+,34-29-. The van der Waals surface area contributed by atoms with Crippen LogP contribution in [0.4, 0.5) is 5.69 Å². The predicted octanol–water partition coefficient (Wildman–Crippen LogP) is 12.2. The first-order valence-corrected chi connectivity index (χ1v) is 15.8. The first kappa shape index (κ1) is 27.6. The van der Waals surface area contributed by atoms with Gasteiger partial charge in [0.05, 0.1) is 0 Å². The molecular formula is C45H33N. The molecule has 0 bridgehead atoms. The molecule has 0 amide bonds. The second kappa shape index (κ2) is 11.5. The molecule has 0 fully saturated rings. The third-order valence-corrected chi connectivity index (χ3v) is 9.17. The molecule has 1 aliphatic carbocycles. The molecule has 0 atom stereocenters. The van der Waals surface area contributed by atoms with E-state index in [9.17, 15) is 0 Å². The van der Waals surface area contributed by atoms with Crippen LogP contribution >= 0.6 is 0 Å². The Bertz CT molecular complexity index is 2400. The van der Waals surface area contributed by atoms with Crippen LogP contribution in [-0.4, -0.2) is 0 Å². The van der Waals surface area contributed by atoms with Crippen LogP contribution in [0, 0.1) is 6.92 Å². The first-order valence-electron chi connectivity index (χ1n) is 15.8. The lowest BCUT2D eigenvalue weighted by Gasteiger charge is -2.19. The summed E-state index contributed by atoms with van der Waals surface area (Å²) in [6, 6.07) is 50.1. The van der Waals surface area contributed by atoms with Crippen LogP contribution in [0.5, 0.6) is 0 Å². The third-order valence-electron chi connectivity index (χ3n) is 9.17. The molecule has 0 aromatic heterocycles. The predicted molar refractivity (Wildman–Crippen MR) is 200 cm³/mol. The number of hydrogen-bond donors (Lipinski definition) is 1. The zero-order valence-electron chi connectivity index (χ0n) is 25.8. The number of anilines is 1. The molecule has 7 aromatic carbocycles. The largest absolute Gasteiger partial charge is 0.361 e. The molecule has 1 N–H and O–H groups in total. The third kappa shape index (κ3) is 4.83. The lowest BCUT2D eigenvalue weighted by atomic mass is 9.85. The fourth-order valence-electron chi connectivity index (χ4n) is 6.81. The van der Waals surface area contributed by atoms with E-state index < -0.39 is 0 Å². The smallest absolute Gasteiger partial charge is 0.0409 e. The molecule has 218 valence electrons. The van der Waals surface area contributed by atoms with Gasteiger partial charge in [-0.25, -0.2) is 0 Å². The minimum Gasteiger partial charge on any atom is -0.361 e. The van der Waals surface area contributed by atoms with Gasteiger partial charge in [-0.15, -0.1) is 0 Å². The lowest BCUT2D eigenvalue weighted by Crippen LogP contribution is -1.98. The monoisotopic (exact) mass is 587 g/mol. The van der Waals surface area contributed by atoms with Crippen LogP contribution in [0.25, 0.3) is 60.2 Å². The van der Waals surface area contributed by atoms with Crippen molar-refractivity contribution in [3.8, 4) is 11.1 Å². The van der Waals surface area contributed by atoms with Gasteiger partial charge in [0.15, 0.2) is 0 Å². The number of nitrogens with one attached hydrogen (secondary N) is 1. The molecule has 0 saturated carbocycles. The molecule has 8 rings (SSSR count). The quantitative estimate of drug-likeness (QED) is 0.202. The van der Waals surface area contributed by atoms with Gasteiger partial charge in [0.1, 0.15) is 0 Å². The molecule has 46 heavy (non-hydrogen) atoms. The van der Waals surface area contributed by atoms with Crippen molar-refractivity contribution in [1.82, 2.24) is 0 Å². The van der Waals surface area contributed by atoms with Crippen molar-refractivity contribution in [1.29, 1.82) is 0 Å². The summed E-state index contributed by atoms with van der Waals surface area (Å²) in [6.07, 6.45) is 8.85. The van der Waals surface area contributed by atoms with Crippen LogP contribution < -0.4 is 5.32 Å². The summed E-state index contributed by atoms with van der Waals surface area (Å²) in [4.78, 5) is 0. The Morgan fingerprint density at radius 2 is 1.07 bits per heavy atom.